The van der Waals surface area contributed by atoms with E-state index in [-0.39, 0.29) is 16.6 Å². The molecule has 3 aromatic rings. The van der Waals surface area contributed by atoms with E-state index in [2.05, 4.69) is 15.3 Å². The van der Waals surface area contributed by atoms with Crippen molar-refractivity contribution < 1.29 is 13.2 Å². The molecule has 31 heavy (non-hydrogen) atoms. The molecule has 0 saturated heterocycles. The molecule has 0 saturated carbocycles. The van der Waals surface area contributed by atoms with Crippen LogP contribution in [0.5, 0.6) is 0 Å². The van der Waals surface area contributed by atoms with Gasteiger partial charge in [0, 0.05) is 29.0 Å². The highest BCUT2D eigenvalue weighted by molar-refractivity contribution is 8.00. The number of rotatable bonds is 8. The molecule has 0 bridgehead atoms. The number of thiophene rings is 1. The summed E-state index contributed by atoms with van der Waals surface area (Å²) in [5.74, 6) is -0.0664. The molecule has 0 aliphatic rings. The quantitative estimate of drug-likeness (QED) is 0.382. The summed E-state index contributed by atoms with van der Waals surface area (Å²) in [5.41, 5.74) is 2.23. The van der Waals surface area contributed by atoms with E-state index >= 15 is 0 Å². The minimum absolute atomic E-state index is 0.159. The van der Waals surface area contributed by atoms with E-state index in [4.69, 9.17) is 0 Å². The monoisotopic (exact) mass is 478 g/mol. The van der Waals surface area contributed by atoms with Crippen molar-refractivity contribution >= 4 is 54.9 Å². The number of nitrogens with one attached hydrogen (secondary N) is 1. The van der Waals surface area contributed by atoms with Gasteiger partial charge >= 0.3 is 0 Å². The Kier molecular flexibility index (Phi) is 7.35. The molecule has 0 spiro atoms. The molecule has 3 rings (SSSR count). The summed E-state index contributed by atoms with van der Waals surface area (Å²) in [7, 11) is -3.61. The third kappa shape index (κ3) is 4.92. The zero-order valence-electron chi connectivity index (χ0n) is 18.2. The van der Waals surface area contributed by atoms with Gasteiger partial charge in [-0.3, -0.25) is 4.79 Å². The molecule has 0 fully saturated rings. The van der Waals surface area contributed by atoms with Crippen molar-refractivity contribution in [3.63, 3.8) is 0 Å². The number of hydrogen-bond donors (Lipinski definition) is 1. The summed E-state index contributed by atoms with van der Waals surface area (Å²) < 4.78 is 27.2. The van der Waals surface area contributed by atoms with E-state index in [9.17, 15) is 13.2 Å². The molecule has 0 aliphatic carbocycles. The standard InChI is InChI=1S/C21H26N4O3S3/c1-6-25(7-2)31(27,28)17-10-16(9-8-13(17)3)24-18(26)11-29-20-19-14(4)15(5)30-21(19)23-12-22-20/h8-10,12H,6-7,11H2,1-5H3,(H,24,26). The third-order valence-corrected chi connectivity index (χ3v) is 9.36. The average molecular weight is 479 g/mol. The first-order valence-electron chi connectivity index (χ1n) is 9.93. The topological polar surface area (TPSA) is 92.3 Å². The molecule has 1 aromatic carbocycles. The molecule has 7 nitrogen and oxygen atoms in total. The number of nitrogens with zero attached hydrogens (tertiary/aromatic N) is 3. The number of thioether (sulfide) groups is 1. The molecule has 0 atom stereocenters. The van der Waals surface area contributed by atoms with Crippen molar-refractivity contribution in [2.45, 2.75) is 44.5 Å². The number of anilines is 1. The lowest BCUT2D eigenvalue weighted by molar-refractivity contribution is -0.113. The Balaban J connectivity index is 1.76. The predicted molar refractivity (Wildman–Crippen MR) is 128 cm³/mol. The lowest BCUT2D eigenvalue weighted by atomic mass is 10.2. The van der Waals surface area contributed by atoms with Crippen LogP contribution in [0.1, 0.15) is 29.9 Å². The largest absolute Gasteiger partial charge is 0.325 e. The SMILES string of the molecule is CCN(CC)S(=O)(=O)c1cc(NC(=O)CSc2ncnc3sc(C)c(C)c23)ccc1C. The van der Waals surface area contributed by atoms with E-state index in [1.165, 1.54) is 33.3 Å². The van der Waals surface area contributed by atoms with Gasteiger partial charge in [-0.15, -0.1) is 11.3 Å². The molecule has 10 heteroatoms. The second-order valence-corrected chi connectivity index (χ2v) is 11.1. The van der Waals surface area contributed by atoms with E-state index < -0.39 is 10.0 Å². The summed E-state index contributed by atoms with van der Waals surface area (Å²) in [6.45, 7) is 10.2. The Labute approximate surface area is 191 Å². The molecule has 0 aliphatic heterocycles. The lowest BCUT2D eigenvalue weighted by Gasteiger charge is -2.20. The Bertz CT molecular complexity index is 1220. The van der Waals surface area contributed by atoms with Gasteiger partial charge in [0.1, 0.15) is 16.2 Å². The Morgan fingerprint density at radius 2 is 1.87 bits per heavy atom. The van der Waals surface area contributed by atoms with Gasteiger partial charge in [-0.1, -0.05) is 31.7 Å². The van der Waals surface area contributed by atoms with Crippen LogP contribution in [0.15, 0.2) is 34.4 Å². The van der Waals surface area contributed by atoms with Crippen molar-refractivity contribution in [2.75, 3.05) is 24.2 Å². The summed E-state index contributed by atoms with van der Waals surface area (Å²) in [6, 6.07) is 4.96. The fourth-order valence-corrected chi connectivity index (χ4v) is 6.87. The maximum absolute atomic E-state index is 12.9. The molecular weight excluding hydrogens is 452 g/mol. The molecule has 0 radical (unpaired) electrons. The van der Waals surface area contributed by atoms with Crippen LogP contribution in [0, 0.1) is 20.8 Å². The highest BCUT2D eigenvalue weighted by Crippen LogP contribution is 2.34. The number of aromatic nitrogens is 2. The number of aryl methyl sites for hydroxylation is 3. The smallest absolute Gasteiger partial charge is 0.243 e. The molecule has 2 heterocycles. The zero-order valence-corrected chi connectivity index (χ0v) is 20.7. The number of sulfonamides is 1. The highest BCUT2D eigenvalue weighted by Gasteiger charge is 2.24. The normalized spacial score (nSPS) is 11.9. The van der Waals surface area contributed by atoms with Crippen LogP contribution in [0.25, 0.3) is 10.2 Å². The van der Waals surface area contributed by atoms with Gasteiger partial charge in [-0.2, -0.15) is 4.31 Å². The van der Waals surface area contributed by atoms with Crippen LogP contribution in [0.2, 0.25) is 0 Å². The molecular formula is C21H26N4O3S3. The number of benzene rings is 1. The van der Waals surface area contributed by atoms with Crippen LogP contribution in [-0.4, -0.2) is 47.4 Å². The Morgan fingerprint density at radius 3 is 2.55 bits per heavy atom. The second kappa shape index (κ2) is 9.64. The van der Waals surface area contributed by atoms with Gasteiger partial charge in [-0.25, -0.2) is 18.4 Å². The van der Waals surface area contributed by atoms with Gasteiger partial charge in [0.25, 0.3) is 0 Å². The highest BCUT2D eigenvalue weighted by atomic mass is 32.2. The molecule has 1 amide bonds. The fraction of sp³-hybridized carbons (Fsp3) is 0.381. The average Bonchev–Trinajstić information content (AvgIpc) is 3.02. The summed E-state index contributed by atoms with van der Waals surface area (Å²) in [6.07, 6.45) is 1.52. The van der Waals surface area contributed by atoms with Gasteiger partial charge in [0.15, 0.2) is 0 Å². The second-order valence-electron chi connectivity index (χ2n) is 7.05. The lowest BCUT2D eigenvalue weighted by Crippen LogP contribution is -2.31. The minimum atomic E-state index is -3.61. The van der Waals surface area contributed by atoms with Crippen molar-refractivity contribution in [1.29, 1.82) is 0 Å². The number of hydrogen-bond acceptors (Lipinski definition) is 7. The van der Waals surface area contributed by atoms with E-state index in [0.717, 1.165) is 20.8 Å². The number of carbonyl (C=O) groups excluding carboxylic acids is 1. The fourth-order valence-electron chi connectivity index (χ4n) is 3.25. The predicted octanol–water partition coefficient (Wildman–Crippen LogP) is 4.38. The molecule has 2 aromatic heterocycles. The van der Waals surface area contributed by atoms with Crippen molar-refractivity contribution in [2.24, 2.45) is 0 Å². The zero-order chi connectivity index (χ0) is 22.8. The van der Waals surface area contributed by atoms with Crippen LogP contribution < -0.4 is 5.32 Å². The van der Waals surface area contributed by atoms with Crippen LogP contribution >= 0.6 is 23.1 Å². The van der Waals surface area contributed by atoms with Crippen molar-refractivity contribution in [1.82, 2.24) is 14.3 Å². The minimum Gasteiger partial charge on any atom is -0.325 e. The maximum Gasteiger partial charge on any atom is 0.243 e. The van der Waals surface area contributed by atoms with Crippen molar-refractivity contribution in [3.05, 3.63) is 40.5 Å². The van der Waals surface area contributed by atoms with E-state index in [1.54, 1.807) is 44.2 Å². The first-order valence-corrected chi connectivity index (χ1v) is 13.2. The Hall–Kier alpha value is -2.01. The summed E-state index contributed by atoms with van der Waals surface area (Å²) >= 11 is 2.96. The maximum atomic E-state index is 12.9. The first-order chi connectivity index (χ1) is 14.7. The number of carbonyl (C=O) groups is 1. The van der Waals surface area contributed by atoms with Gasteiger partial charge in [-0.05, 0) is 44.0 Å². The van der Waals surface area contributed by atoms with Crippen LogP contribution in [0.4, 0.5) is 5.69 Å². The van der Waals surface area contributed by atoms with Gasteiger partial charge < -0.3 is 5.32 Å². The summed E-state index contributed by atoms with van der Waals surface area (Å²) in [5, 5.41) is 4.58. The van der Waals surface area contributed by atoms with Gasteiger partial charge in [0.2, 0.25) is 15.9 Å². The number of fused-ring (bicyclic) bond motifs is 1. The van der Waals surface area contributed by atoms with Crippen LogP contribution in [0.3, 0.4) is 0 Å². The molecule has 1 N–H and O–H groups in total. The molecule has 166 valence electrons. The van der Waals surface area contributed by atoms with E-state index in [0.29, 0.717) is 24.3 Å². The van der Waals surface area contributed by atoms with E-state index in [1.807, 2.05) is 13.8 Å². The number of amides is 1. The first kappa shape index (κ1) is 23.6. The summed E-state index contributed by atoms with van der Waals surface area (Å²) in [4.78, 5) is 23.6. The Morgan fingerprint density at radius 1 is 1.16 bits per heavy atom. The van der Waals surface area contributed by atoms with Crippen LogP contribution in [-0.2, 0) is 14.8 Å². The van der Waals surface area contributed by atoms with Crippen molar-refractivity contribution in [3.8, 4) is 0 Å². The third-order valence-electron chi connectivity index (χ3n) is 5.07. The van der Waals surface area contributed by atoms with Gasteiger partial charge in [0.05, 0.1) is 10.6 Å². The molecule has 0 unspecified atom stereocenters.